The van der Waals surface area contributed by atoms with E-state index in [1.165, 1.54) is 0 Å². The molecule has 7 heteroatoms. The van der Waals surface area contributed by atoms with Crippen LogP contribution < -0.4 is 15.5 Å². The van der Waals surface area contributed by atoms with Crippen LogP contribution in [0, 0.1) is 0 Å². The van der Waals surface area contributed by atoms with Crippen molar-refractivity contribution in [1.82, 2.24) is 15.0 Å². The third kappa shape index (κ3) is 4.42. The fourth-order valence-electron chi connectivity index (χ4n) is 2.43. The summed E-state index contributed by atoms with van der Waals surface area (Å²) in [7, 11) is 1.82. The van der Waals surface area contributed by atoms with Crippen molar-refractivity contribution in [2.45, 2.75) is 39.2 Å². The summed E-state index contributed by atoms with van der Waals surface area (Å²) in [4.78, 5) is 15.6. The molecule has 0 radical (unpaired) electrons. The van der Waals surface area contributed by atoms with Gasteiger partial charge in [0.25, 0.3) is 0 Å². The molecule has 1 fully saturated rings. The Kier molecular flexibility index (Phi) is 5.17. The summed E-state index contributed by atoms with van der Waals surface area (Å²) >= 11 is 0. The molecule has 0 saturated carbocycles. The Bertz CT molecular complexity index is 459. The Hall–Kier alpha value is -1.63. The second-order valence-electron chi connectivity index (χ2n) is 5.89. The van der Waals surface area contributed by atoms with Gasteiger partial charge in [0.1, 0.15) is 0 Å². The third-order valence-electron chi connectivity index (χ3n) is 3.47. The Morgan fingerprint density at radius 1 is 1.14 bits per heavy atom. The number of hydrogen-bond acceptors (Lipinski definition) is 7. The maximum atomic E-state index is 5.38. The minimum atomic E-state index is -0.0383. The third-order valence-corrected chi connectivity index (χ3v) is 3.47. The number of hydrogen-bond donors (Lipinski definition) is 2. The van der Waals surface area contributed by atoms with Crippen LogP contribution in [0.2, 0.25) is 0 Å². The maximum Gasteiger partial charge on any atom is 0.232 e. The van der Waals surface area contributed by atoms with E-state index in [0.29, 0.717) is 31.1 Å². The summed E-state index contributed by atoms with van der Waals surface area (Å²) < 4.78 is 5.38. The molecule has 0 spiro atoms. The van der Waals surface area contributed by atoms with Gasteiger partial charge in [-0.05, 0) is 20.3 Å². The number of nitrogens with one attached hydrogen (secondary N) is 2. The SMILES string of the molecule is CCCC(C)(C)Nc1nc(NC)nc(N2CCOCC2)n1. The minimum Gasteiger partial charge on any atom is -0.378 e. The van der Waals surface area contributed by atoms with Crippen molar-refractivity contribution < 1.29 is 4.74 Å². The lowest BCUT2D eigenvalue weighted by molar-refractivity contribution is 0.122. The summed E-state index contributed by atoms with van der Waals surface area (Å²) in [5, 5.41) is 6.42. The quantitative estimate of drug-likeness (QED) is 0.827. The molecule has 0 aliphatic carbocycles. The van der Waals surface area contributed by atoms with E-state index in [0.717, 1.165) is 25.9 Å². The van der Waals surface area contributed by atoms with Crippen molar-refractivity contribution in [2.75, 3.05) is 48.9 Å². The van der Waals surface area contributed by atoms with E-state index in [9.17, 15) is 0 Å². The first-order valence-corrected chi connectivity index (χ1v) is 7.59. The zero-order chi connectivity index (χ0) is 15.3. The molecule has 1 aromatic rings. The zero-order valence-corrected chi connectivity index (χ0v) is 13.4. The molecule has 0 amide bonds. The maximum absolute atomic E-state index is 5.38. The molecular formula is C14H26N6O. The van der Waals surface area contributed by atoms with Crippen LogP contribution in [0.5, 0.6) is 0 Å². The van der Waals surface area contributed by atoms with Crippen LogP contribution >= 0.6 is 0 Å². The Labute approximate surface area is 126 Å². The van der Waals surface area contributed by atoms with Crippen LogP contribution in [0.25, 0.3) is 0 Å². The molecule has 1 aliphatic rings. The number of ether oxygens (including phenoxy) is 1. The van der Waals surface area contributed by atoms with Crippen LogP contribution in [0.4, 0.5) is 17.8 Å². The van der Waals surface area contributed by atoms with E-state index >= 15 is 0 Å². The van der Waals surface area contributed by atoms with Crippen LogP contribution in [0.3, 0.4) is 0 Å². The summed E-state index contributed by atoms with van der Waals surface area (Å²) in [5.74, 6) is 1.91. The molecule has 0 aromatic carbocycles. The average molecular weight is 294 g/mol. The van der Waals surface area contributed by atoms with E-state index in [4.69, 9.17) is 4.74 Å². The van der Waals surface area contributed by atoms with Crippen LogP contribution in [-0.2, 0) is 4.74 Å². The fourth-order valence-corrected chi connectivity index (χ4v) is 2.43. The molecule has 0 bridgehead atoms. The number of anilines is 3. The van der Waals surface area contributed by atoms with Gasteiger partial charge in [0, 0.05) is 25.7 Å². The molecule has 0 atom stereocenters. The first-order chi connectivity index (χ1) is 10.0. The molecule has 0 unspecified atom stereocenters. The summed E-state index contributed by atoms with van der Waals surface area (Å²) in [6.07, 6.45) is 2.17. The standard InChI is InChI=1S/C14H26N6O/c1-5-6-14(2,3)19-12-16-11(15-4)17-13(18-12)20-7-9-21-10-8-20/h5-10H2,1-4H3,(H2,15,16,17,18,19). The summed E-state index contributed by atoms with van der Waals surface area (Å²) in [6.45, 7) is 9.54. The van der Waals surface area contributed by atoms with Crippen LogP contribution in [-0.4, -0.2) is 53.8 Å². The van der Waals surface area contributed by atoms with E-state index in [2.05, 4.69) is 51.3 Å². The van der Waals surface area contributed by atoms with Gasteiger partial charge in [0.15, 0.2) is 0 Å². The topological polar surface area (TPSA) is 75.2 Å². The van der Waals surface area contributed by atoms with Gasteiger partial charge in [-0.25, -0.2) is 0 Å². The molecule has 118 valence electrons. The molecule has 2 heterocycles. The zero-order valence-electron chi connectivity index (χ0n) is 13.4. The van der Waals surface area contributed by atoms with Crippen molar-refractivity contribution in [1.29, 1.82) is 0 Å². The molecule has 2 N–H and O–H groups in total. The molecule has 1 aromatic heterocycles. The fraction of sp³-hybridized carbons (Fsp3) is 0.786. The highest BCUT2D eigenvalue weighted by atomic mass is 16.5. The second kappa shape index (κ2) is 6.89. The van der Waals surface area contributed by atoms with Gasteiger partial charge in [0.2, 0.25) is 17.8 Å². The van der Waals surface area contributed by atoms with Gasteiger partial charge < -0.3 is 20.3 Å². The Morgan fingerprint density at radius 2 is 1.81 bits per heavy atom. The van der Waals surface area contributed by atoms with E-state index in [1.807, 2.05) is 7.05 Å². The molecule has 1 saturated heterocycles. The van der Waals surface area contributed by atoms with Crippen molar-refractivity contribution in [3.05, 3.63) is 0 Å². The number of aromatic nitrogens is 3. The molecule has 7 nitrogen and oxygen atoms in total. The molecular weight excluding hydrogens is 268 g/mol. The molecule has 2 rings (SSSR count). The van der Waals surface area contributed by atoms with Gasteiger partial charge in [-0.15, -0.1) is 0 Å². The number of nitrogens with zero attached hydrogens (tertiary/aromatic N) is 4. The number of rotatable bonds is 6. The van der Waals surface area contributed by atoms with Gasteiger partial charge in [0.05, 0.1) is 13.2 Å². The highest BCUT2D eigenvalue weighted by molar-refractivity contribution is 5.44. The van der Waals surface area contributed by atoms with E-state index in [-0.39, 0.29) is 5.54 Å². The lowest BCUT2D eigenvalue weighted by Gasteiger charge is -2.29. The van der Waals surface area contributed by atoms with Gasteiger partial charge in [-0.1, -0.05) is 13.3 Å². The lowest BCUT2D eigenvalue weighted by atomic mass is 9.99. The van der Waals surface area contributed by atoms with Gasteiger partial charge in [-0.2, -0.15) is 15.0 Å². The molecule has 21 heavy (non-hydrogen) atoms. The van der Waals surface area contributed by atoms with Crippen molar-refractivity contribution in [3.63, 3.8) is 0 Å². The highest BCUT2D eigenvalue weighted by Crippen LogP contribution is 2.20. The first kappa shape index (κ1) is 15.8. The monoisotopic (exact) mass is 294 g/mol. The normalized spacial score (nSPS) is 15.9. The largest absolute Gasteiger partial charge is 0.378 e. The predicted octanol–water partition coefficient (Wildman–Crippen LogP) is 1.74. The predicted molar refractivity (Wildman–Crippen MR) is 85.0 cm³/mol. The van der Waals surface area contributed by atoms with E-state index < -0.39 is 0 Å². The minimum absolute atomic E-state index is 0.0383. The van der Waals surface area contributed by atoms with Gasteiger partial charge in [-0.3, -0.25) is 0 Å². The van der Waals surface area contributed by atoms with Crippen molar-refractivity contribution in [2.24, 2.45) is 0 Å². The highest BCUT2D eigenvalue weighted by Gasteiger charge is 2.20. The smallest absolute Gasteiger partial charge is 0.232 e. The first-order valence-electron chi connectivity index (χ1n) is 7.59. The van der Waals surface area contributed by atoms with Crippen LogP contribution in [0.15, 0.2) is 0 Å². The van der Waals surface area contributed by atoms with Gasteiger partial charge >= 0.3 is 0 Å². The second-order valence-corrected chi connectivity index (χ2v) is 5.89. The molecule has 1 aliphatic heterocycles. The number of morpholine rings is 1. The van der Waals surface area contributed by atoms with Crippen LogP contribution in [0.1, 0.15) is 33.6 Å². The van der Waals surface area contributed by atoms with Crippen molar-refractivity contribution in [3.8, 4) is 0 Å². The summed E-state index contributed by atoms with van der Waals surface area (Å²) in [6, 6.07) is 0. The van der Waals surface area contributed by atoms with E-state index in [1.54, 1.807) is 0 Å². The van der Waals surface area contributed by atoms with Crippen molar-refractivity contribution >= 4 is 17.8 Å². The lowest BCUT2D eigenvalue weighted by Crippen LogP contribution is -2.38. The summed E-state index contributed by atoms with van der Waals surface area (Å²) in [5.41, 5.74) is -0.0383. The Balaban J connectivity index is 2.20. The average Bonchev–Trinajstić information content (AvgIpc) is 2.47. The Morgan fingerprint density at radius 3 is 2.43 bits per heavy atom.